The minimum absolute atomic E-state index is 0.0162. The molecule has 6 nitrogen and oxygen atoms in total. The fourth-order valence-electron chi connectivity index (χ4n) is 1.83. The van der Waals surface area contributed by atoms with Crippen LogP contribution in [0.3, 0.4) is 0 Å². The fourth-order valence-corrected chi connectivity index (χ4v) is 3.10. The van der Waals surface area contributed by atoms with Gasteiger partial charge >= 0.3 is 0 Å². The van der Waals surface area contributed by atoms with Crippen LogP contribution in [-0.4, -0.2) is 41.0 Å². The van der Waals surface area contributed by atoms with Crippen LogP contribution in [0.5, 0.6) is 0 Å². The summed E-state index contributed by atoms with van der Waals surface area (Å²) in [5, 5.41) is 9.93. The third-order valence-electron chi connectivity index (χ3n) is 3.11. The molecule has 0 fully saturated rings. The summed E-state index contributed by atoms with van der Waals surface area (Å²) in [7, 11) is -3.10. The van der Waals surface area contributed by atoms with Crippen LogP contribution in [0.15, 0.2) is 40.9 Å². The first-order chi connectivity index (χ1) is 11.3. The zero-order valence-electron chi connectivity index (χ0n) is 13.1. The molecule has 0 unspecified atom stereocenters. The maximum absolute atomic E-state index is 12.8. The SMILES string of the molecule is Cc1nnc(S/C=C/C(=O)c2ccc(F)cc2)n1CCS(C)(=O)=O. The van der Waals surface area contributed by atoms with Gasteiger partial charge in [-0.15, -0.1) is 10.2 Å². The maximum Gasteiger partial charge on any atom is 0.195 e. The second-order valence-electron chi connectivity index (χ2n) is 5.10. The summed E-state index contributed by atoms with van der Waals surface area (Å²) in [6, 6.07) is 5.26. The van der Waals surface area contributed by atoms with Crippen molar-refractivity contribution in [3.8, 4) is 0 Å². The van der Waals surface area contributed by atoms with Gasteiger partial charge in [-0.1, -0.05) is 11.8 Å². The molecule has 0 spiro atoms. The number of aryl methyl sites for hydroxylation is 1. The highest BCUT2D eigenvalue weighted by atomic mass is 32.2. The van der Waals surface area contributed by atoms with Crippen LogP contribution in [0.2, 0.25) is 0 Å². The number of carbonyl (C=O) groups excluding carboxylic acids is 1. The smallest absolute Gasteiger partial charge is 0.195 e. The molecule has 2 rings (SSSR count). The summed E-state index contributed by atoms with van der Waals surface area (Å²) in [6.45, 7) is 1.98. The summed E-state index contributed by atoms with van der Waals surface area (Å²) in [5.74, 6) is -0.0855. The minimum atomic E-state index is -3.10. The Morgan fingerprint density at radius 1 is 1.29 bits per heavy atom. The topological polar surface area (TPSA) is 81.9 Å². The lowest BCUT2D eigenvalue weighted by molar-refractivity contribution is 0.104. The van der Waals surface area contributed by atoms with E-state index in [1.54, 1.807) is 16.9 Å². The van der Waals surface area contributed by atoms with Crippen molar-refractivity contribution in [1.82, 2.24) is 14.8 Å². The number of halogens is 1. The minimum Gasteiger partial charge on any atom is -0.305 e. The number of allylic oxidation sites excluding steroid dienone is 1. The molecule has 1 aromatic carbocycles. The van der Waals surface area contributed by atoms with Gasteiger partial charge in [0.05, 0.1) is 5.75 Å². The van der Waals surface area contributed by atoms with Crippen LogP contribution in [0, 0.1) is 12.7 Å². The average molecular weight is 369 g/mol. The van der Waals surface area contributed by atoms with Gasteiger partial charge in [-0.3, -0.25) is 4.79 Å². The number of sulfone groups is 1. The van der Waals surface area contributed by atoms with Crippen molar-refractivity contribution >= 4 is 27.4 Å². The fraction of sp³-hybridized carbons (Fsp3) is 0.267. The van der Waals surface area contributed by atoms with Crippen LogP contribution < -0.4 is 0 Å². The van der Waals surface area contributed by atoms with Crippen molar-refractivity contribution in [3.05, 3.63) is 53.0 Å². The van der Waals surface area contributed by atoms with E-state index in [0.717, 1.165) is 11.8 Å². The van der Waals surface area contributed by atoms with Gasteiger partial charge in [0.15, 0.2) is 10.9 Å². The van der Waals surface area contributed by atoms with Gasteiger partial charge in [-0.05, 0) is 42.7 Å². The molecule has 128 valence electrons. The maximum atomic E-state index is 12.8. The van der Waals surface area contributed by atoms with Crippen LogP contribution >= 0.6 is 11.8 Å². The van der Waals surface area contributed by atoms with Crippen molar-refractivity contribution in [2.24, 2.45) is 0 Å². The molecule has 0 saturated carbocycles. The van der Waals surface area contributed by atoms with Gasteiger partial charge in [0.25, 0.3) is 0 Å². The first kappa shape index (κ1) is 18.3. The first-order valence-corrected chi connectivity index (χ1v) is 9.91. The number of aromatic nitrogens is 3. The Balaban J connectivity index is 2.03. The molecule has 0 saturated heterocycles. The van der Waals surface area contributed by atoms with E-state index in [0.29, 0.717) is 16.5 Å². The molecule has 24 heavy (non-hydrogen) atoms. The zero-order chi connectivity index (χ0) is 17.7. The van der Waals surface area contributed by atoms with Crippen molar-refractivity contribution in [2.75, 3.05) is 12.0 Å². The van der Waals surface area contributed by atoms with Crippen LogP contribution in [0.25, 0.3) is 0 Å². The summed E-state index contributed by atoms with van der Waals surface area (Å²) < 4.78 is 37.1. The largest absolute Gasteiger partial charge is 0.305 e. The lowest BCUT2D eigenvalue weighted by atomic mass is 10.1. The number of benzene rings is 1. The van der Waals surface area contributed by atoms with Gasteiger partial charge in [0, 0.05) is 18.4 Å². The van der Waals surface area contributed by atoms with E-state index in [2.05, 4.69) is 10.2 Å². The number of carbonyl (C=O) groups is 1. The van der Waals surface area contributed by atoms with Crippen molar-refractivity contribution in [3.63, 3.8) is 0 Å². The van der Waals surface area contributed by atoms with Gasteiger partial charge < -0.3 is 4.57 Å². The second-order valence-corrected chi connectivity index (χ2v) is 8.24. The van der Waals surface area contributed by atoms with Crippen LogP contribution in [0.1, 0.15) is 16.2 Å². The number of ketones is 1. The molecule has 0 aliphatic rings. The Kier molecular flexibility index (Phi) is 5.89. The highest BCUT2D eigenvalue weighted by Crippen LogP contribution is 2.18. The number of nitrogens with zero attached hydrogens (tertiary/aromatic N) is 3. The summed E-state index contributed by atoms with van der Waals surface area (Å²) >= 11 is 1.16. The average Bonchev–Trinajstić information content (AvgIpc) is 2.85. The predicted molar refractivity (Wildman–Crippen MR) is 90.2 cm³/mol. The molecule has 0 radical (unpaired) electrons. The third kappa shape index (κ3) is 5.27. The van der Waals surface area contributed by atoms with Gasteiger partial charge in [0.2, 0.25) is 0 Å². The molecule has 2 aromatic rings. The Bertz CT molecular complexity index is 859. The van der Waals surface area contributed by atoms with Gasteiger partial charge in [-0.25, -0.2) is 12.8 Å². The molecule has 0 aliphatic carbocycles. The van der Waals surface area contributed by atoms with Crippen LogP contribution in [-0.2, 0) is 16.4 Å². The third-order valence-corrected chi connectivity index (χ3v) is 4.82. The molecule has 0 atom stereocenters. The quantitative estimate of drug-likeness (QED) is 0.423. The van der Waals surface area contributed by atoms with E-state index in [-0.39, 0.29) is 18.1 Å². The van der Waals surface area contributed by atoms with Crippen LogP contribution in [0.4, 0.5) is 4.39 Å². The highest BCUT2D eigenvalue weighted by Gasteiger charge is 2.11. The van der Waals surface area contributed by atoms with E-state index in [9.17, 15) is 17.6 Å². The number of hydrogen-bond donors (Lipinski definition) is 0. The number of hydrogen-bond acceptors (Lipinski definition) is 6. The Hall–Kier alpha value is -2.00. The normalized spacial score (nSPS) is 12.0. The molecule has 1 heterocycles. The molecule has 0 bridgehead atoms. The van der Waals surface area contributed by atoms with Crippen molar-refractivity contribution in [2.45, 2.75) is 18.6 Å². The van der Waals surface area contributed by atoms with Crippen molar-refractivity contribution < 1.29 is 17.6 Å². The van der Waals surface area contributed by atoms with E-state index in [1.807, 2.05) is 0 Å². The molecule has 1 aromatic heterocycles. The zero-order valence-corrected chi connectivity index (χ0v) is 14.8. The predicted octanol–water partition coefficient (Wildman–Crippen LogP) is 2.26. The second kappa shape index (κ2) is 7.71. The lowest BCUT2D eigenvalue weighted by Crippen LogP contribution is -2.12. The summed E-state index contributed by atoms with van der Waals surface area (Å²) in [4.78, 5) is 11.9. The van der Waals surface area contributed by atoms with Gasteiger partial charge in [-0.2, -0.15) is 0 Å². The molecule has 0 amide bonds. The van der Waals surface area contributed by atoms with E-state index in [1.165, 1.54) is 36.6 Å². The Morgan fingerprint density at radius 2 is 1.96 bits per heavy atom. The number of rotatable bonds is 7. The van der Waals surface area contributed by atoms with E-state index >= 15 is 0 Å². The molecule has 0 aliphatic heterocycles. The van der Waals surface area contributed by atoms with Crippen molar-refractivity contribution in [1.29, 1.82) is 0 Å². The molecule has 0 N–H and O–H groups in total. The lowest BCUT2D eigenvalue weighted by Gasteiger charge is -2.05. The molecule has 9 heteroatoms. The van der Waals surface area contributed by atoms with E-state index in [4.69, 9.17) is 0 Å². The summed E-state index contributed by atoms with van der Waals surface area (Å²) in [5.41, 5.74) is 0.378. The monoisotopic (exact) mass is 369 g/mol. The summed E-state index contributed by atoms with van der Waals surface area (Å²) in [6.07, 6.45) is 2.52. The first-order valence-electron chi connectivity index (χ1n) is 6.97. The van der Waals surface area contributed by atoms with E-state index < -0.39 is 15.7 Å². The molecular weight excluding hydrogens is 353 g/mol. The Labute approximate surface area is 143 Å². The number of thioether (sulfide) groups is 1. The van der Waals surface area contributed by atoms with Gasteiger partial charge in [0.1, 0.15) is 21.5 Å². The molecular formula is C15H16FN3O3S2. The standard InChI is InChI=1S/C15H16FN3O3S2/c1-11-17-18-15(19(11)8-10-24(2,21)22)23-9-7-14(20)12-3-5-13(16)6-4-12/h3-7,9H,8,10H2,1-2H3/b9-7+. The highest BCUT2D eigenvalue weighted by molar-refractivity contribution is 8.02. The Morgan fingerprint density at radius 3 is 2.58 bits per heavy atom.